The van der Waals surface area contributed by atoms with Gasteiger partial charge in [-0.05, 0) is 44.0 Å². The molecule has 1 aromatic carbocycles. The first-order valence-electron chi connectivity index (χ1n) is 10.9. The van der Waals surface area contributed by atoms with E-state index in [4.69, 9.17) is 4.74 Å². The number of benzene rings is 1. The van der Waals surface area contributed by atoms with Gasteiger partial charge in [0.05, 0.1) is 18.8 Å². The second kappa shape index (κ2) is 10.7. The van der Waals surface area contributed by atoms with Crippen LogP contribution in [0.1, 0.15) is 45.5 Å². The highest BCUT2D eigenvalue weighted by molar-refractivity contribution is 5.96. The first-order valence-corrected chi connectivity index (χ1v) is 10.9. The average molecular weight is 448 g/mol. The molecule has 0 bridgehead atoms. The van der Waals surface area contributed by atoms with Gasteiger partial charge in [-0.1, -0.05) is 30.3 Å². The Morgan fingerprint density at radius 2 is 1.82 bits per heavy atom. The zero-order valence-corrected chi connectivity index (χ0v) is 19.5. The van der Waals surface area contributed by atoms with E-state index in [1.165, 1.54) is 18.0 Å². The van der Waals surface area contributed by atoms with Gasteiger partial charge in [-0.15, -0.1) is 0 Å². The third-order valence-electron chi connectivity index (χ3n) is 5.52. The maximum absolute atomic E-state index is 13.4. The van der Waals surface area contributed by atoms with Crippen LogP contribution < -0.4 is 5.43 Å². The Morgan fingerprint density at radius 1 is 1.09 bits per heavy atom. The molecule has 0 atom stereocenters. The van der Waals surface area contributed by atoms with E-state index >= 15 is 0 Å². The predicted molar refractivity (Wildman–Crippen MR) is 126 cm³/mol. The number of carbonyl (C=O) groups is 2. The Bertz CT molecular complexity index is 1200. The summed E-state index contributed by atoms with van der Waals surface area (Å²) in [5.41, 5.74) is 3.92. The Hall–Kier alpha value is -3.74. The van der Waals surface area contributed by atoms with Crippen LogP contribution in [0.5, 0.6) is 0 Å². The molecule has 1 amide bonds. The number of hydrogen-bond donors (Lipinski definition) is 0. The first-order chi connectivity index (χ1) is 15.8. The number of amides is 1. The van der Waals surface area contributed by atoms with Crippen LogP contribution >= 0.6 is 0 Å². The lowest BCUT2D eigenvalue weighted by atomic mass is 9.99. The fraction of sp³-hybridized carbons (Fsp3) is 0.308. The summed E-state index contributed by atoms with van der Waals surface area (Å²) in [5, 5.41) is 0. The van der Waals surface area contributed by atoms with Gasteiger partial charge in [-0.25, -0.2) is 0 Å². The molecule has 0 aliphatic heterocycles. The van der Waals surface area contributed by atoms with E-state index in [1.807, 2.05) is 60.9 Å². The molecule has 0 unspecified atom stereocenters. The minimum atomic E-state index is -0.519. The van der Waals surface area contributed by atoms with Crippen molar-refractivity contribution in [3.63, 3.8) is 0 Å². The molecule has 0 fully saturated rings. The van der Waals surface area contributed by atoms with Gasteiger partial charge in [0.15, 0.2) is 5.43 Å². The highest BCUT2D eigenvalue weighted by atomic mass is 16.5. The zero-order valence-electron chi connectivity index (χ0n) is 19.5. The van der Waals surface area contributed by atoms with Crippen molar-refractivity contribution in [2.75, 3.05) is 20.2 Å². The van der Waals surface area contributed by atoms with Gasteiger partial charge in [-0.3, -0.25) is 19.4 Å². The van der Waals surface area contributed by atoms with Gasteiger partial charge in [0, 0.05) is 37.1 Å². The summed E-state index contributed by atoms with van der Waals surface area (Å²) >= 11 is 0. The maximum Gasteiger partial charge on any atom is 0.325 e. The molecule has 0 spiro atoms. The molecule has 3 aromatic rings. The number of rotatable bonds is 8. The molecule has 0 N–H and O–H groups in total. The topological polar surface area (TPSA) is 81.5 Å². The summed E-state index contributed by atoms with van der Waals surface area (Å²) in [4.78, 5) is 44.1. The zero-order chi connectivity index (χ0) is 24.0. The normalized spacial score (nSPS) is 10.7. The van der Waals surface area contributed by atoms with Crippen LogP contribution in [0.2, 0.25) is 0 Å². The van der Waals surface area contributed by atoms with E-state index in [9.17, 15) is 14.4 Å². The van der Waals surface area contributed by atoms with E-state index < -0.39 is 11.9 Å². The van der Waals surface area contributed by atoms with Gasteiger partial charge >= 0.3 is 5.97 Å². The molecular weight excluding hydrogens is 418 g/mol. The standard InChI is InChI=1S/C26H29N3O4/c1-5-33-24(31)17-28(4)26(32)25-22(15-20-11-7-6-10-18(20)2)29(19(3)14-23(25)30)16-21-12-8-9-13-27-21/h6-14H,5,15-17H2,1-4H3. The fourth-order valence-corrected chi connectivity index (χ4v) is 3.77. The van der Waals surface area contributed by atoms with Crippen LogP contribution in [0, 0.1) is 13.8 Å². The van der Waals surface area contributed by atoms with Crippen molar-refractivity contribution in [1.29, 1.82) is 0 Å². The fourth-order valence-electron chi connectivity index (χ4n) is 3.77. The van der Waals surface area contributed by atoms with Crippen LogP contribution in [-0.2, 0) is 22.5 Å². The molecule has 2 aromatic heterocycles. The van der Waals surface area contributed by atoms with Crippen LogP contribution in [0.15, 0.2) is 59.5 Å². The average Bonchev–Trinajstić information content (AvgIpc) is 2.78. The van der Waals surface area contributed by atoms with Crippen LogP contribution in [0.25, 0.3) is 0 Å². The monoisotopic (exact) mass is 447 g/mol. The Kier molecular flexibility index (Phi) is 7.77. The van der Waals surface area contributed by atoms with Crippen molar-refractivity contribution in [2.45, 2.75) is 33.7 Å². The largest absolute Gasteiger partial charge is 0.465 e. The van der Waals surface area contributed by atoms with Crippen molar-refractivity contribution in [3.05, 3.63) is 98.7 Å². The van der Waals surface area contributed by atoms with Crippen LogP contribution in [0.4, 0.5) is 0 Å². The summed E-state index contributed by atoms with van der Waals surface area (Å²) in [7, 11) is 1.50. The maximum atomic E-state index is 13.4. The lowest BCUT2D eigenvalue weighted by Crippen LogP contribution is -2.38. The smallest absolute Gasteiger partial charge is 0.325 e. The molecule has 172 valence electrons. The summed E-state index contributed by atoms with van der Waals surface area (Å²) < 4.78 is 6.93. The summed E-state index contributed by atoms with van der Waals surface area (Å²) in [6.45, 7) is 5.96. The van der Waals surface area contributed by atoms with Crippen LogP contribution in [0.3, 0.4) is 0 Å². The van der Waals surface area contributed by atoms with Crippen molar-refractivity contribution in [3.8, 4) is 0 Å². The molecule has 0 aliphatic rings. The van der Waals surface area contributed by atoms with E-state index in [2.05, 4.69) is 4.98 Å². The summed E-state index contributed by atoms with van der Waals surface area (Å²) in [6.07, 6.45) is 2.11. The minimum absolute atomic E-state index is 0.0617. The van der Waals surface area contributed by atoms with Gasteiger partial charge < -0.3 is 14.2 Å². The second-order valence-corrected chi connectivity index (χ2v) is 7.95. The number of ether oxygens (including phenoxy) is 1. The molecule has 0 radical (unpaired) electrons. The first kappa shape index (κ1) is 23.9. The molecule has 3 rings (SSSR count). The molecule has 0 aliphatic carbocycles. The molecule has 33 heavy (non-hydrogen) atoms. The van der Waals surface area contributed by atoms with Crippen molar-refractivity contribution in [1.82, 2.24) is 14.5 Å². The van der Waals surface area contributed by atoms with E-state index in [0.717, 1.165) is 22.5 Å². The molecule has 0 saturated heterocycles. The van der Waals surface area contributed by atoms with Gasteiger partial charge in [0.2, 0.25) is 0 Å². The number of aromatic nitrogens is 2. The van der Waals surface area contributed by atoms with E-state index in [-0.39, 0.29) is 24.1 Å². The van der Waals surface area contributed by atoms with E-state index in [1.54, 1.807) is 13.1 Å². The predicted octanol–water partition coefficient (Wildman–Crippen LogP) is 3.13. The third kappa shape index (κ3) is 5.74. The molecule has 2 heterocycles. The SMILES string of the molecule is CCOC(=O)CN(C)C(=O)c1c(Cc2ccccc2C)n(Cc2ccccn2)c(C)cc1=O. The lowest BCUT2D eigenvalue weighted by molar-refractivity contribution is -0.143. The van der Waals surface area contributed by atoms with Crippen LogP contribution in [-0.4, -0.2) is 46.5 Å². The number of aryl methyl sites for hydroxylation is 2. The minimum Gasteiger partial charge on any atom is -0.465 e. The summed E-state index contributed by atoms with van der Waals surface area (Å²) in [6, 6.07) is 15.0. The number of hydrogen-bond acceptors (Lipinski definition) is 5. The third-order valence-corrected chi connectivity index (χ3v) is 5.52. The van der Waals surface area contributed by atoms with Crippen molar-refractivity contribution in [2.24, 2.45) is 0 Å². The Balaban J connectivity index is 2.13. The lowest BCUT2D eigenvalue weighted by Gasteiger charge is -2.23. The number of pyridine rings is 2. The highest BCUT2D eigenvalue weighted by Gasteiger charge is 2.25. The van der Waals surface area contributed by atoms with Gasteiger partial charge in [-0.2, -0.15) is 0 Å². The number of carbonyl (C=O) groups excluding carboxylic acids is 2. The molecule has 7 heteroatoms. The highest BCUT2D eigenvalue weighted by Crippen LogP contribution is 2.19. The molecule has 7 nitrogen and oxygen atoms in total. The quantitative estimate of drug-likeness (QED) is 0.496. The van der Waals surface area contributed by atoms with Crippen molar-refractivity contribution >= 4 is 11.9 Å². The van der Waals surface area contributed by atoms with Crippen molar-refractivity contribution < 1.29 is 14.3 Å². The van der Waals surface area contributed by atoms with Gasteiger partial charge in [0.1, 0.15) is 12.1 Å². The molecular formula is C26H29N3O4. The second-order valence-electron chi connectivity index (χ2n) is 7.95. The molecule has 0 saturated carbocycles. The number of esters is 1. The Labute approximate surface area is 193 Å². The van der Waals surface area contributed by atoms with E-state index in [0.29, 0.717) is 18.7 Å². The number of likely N-dealkylation sites (N-methyl/N-ethyl adjacent to an activating group) is 1. The summed E-state index contributed by atoms with van der Waals surface area (Å²) in [5.74, 6) is -1.03. The Morgan fingerprint density at radius 3 is 2.48 bits per heavy atom. The number of nitrogens with zero attached hydrogens (tertiary/aromatic N) is 3. The van der Waals surface area contributed by atoms with Gasteiger partial charge in [0.25, 0.3) is 5.91 Å².